The first-order chi connectivity index (χ1) is 18.7. The van der Waals surface area contributed by atoms with Gasteiger partial charge in [-0.3, -0.25) is 4.79 Å². The molecule has 2 heterocycles. The normalized spacial score (nSPS) is 22.8. The van der Waals surface area contributed by atoms with Gasteiger partial charge in [0.05, 0.1) is 5.41 Å². The minimum atomic E-state index is -9.19. The van der Waals surface area contributed by atoms with Crippen molar-refractivity contribution in [2.75, 3.05) is 24.5 Å². The summed E-state index contributed by atoms with van der Waals surface area (Å²) in [6.45, 7) is 9.88. The van der Waals surface area contributed by atoms with Crippen LogP contribution in [0.2, 0.25) is 0 Å². The molecule has 0 bridgehead atoms. The van der Waals surface area contributed by atoms with Crippen LogP contribution in [-0.2, 0) is 10.2 Å². The standard InChI is InChI=1S/C31H39N2O.6FH.Sb/c1-23(34)26-15-10-25(11-16-26)22-33-29-9-5-4-8-28(29)31(2,3)30(33)19-14-24-12-17-27(18-13-24)32-20-6-7-21-32;;;;;;;/h4-5,8-9,12-14,17-19,25-26H,6-7,10-11,15-16,20-22H2,1-3H3;6*1H;/q+1;;;;;;;+5/p-6. The van der Waals surface area contributed by atoms with Crippen molar-refractivity contribution in [1.29, 1.82) is 0 Å². The molecule has 1 aliphatic carbocycles. The van der Waals surface area contributed by atoms with Crippen LogP contribution in [0.3, 0.4) is 0 Å². The van der Waals surface area contributed by atoms with Crippen molar-refractivity contribution in [2.45, 2.75) is 64.7 Å². The third-order valence-corrected chi connectivity index (χ3v) is 8.46. The Bertz CT molecular complexity index is 1250. The van der Waals surface area contributed by atoms with Crippen molar-refractivity contribution in [3.05, 3.63) is 65.7 Å². The Morgan fingerprint density at radius 2 is 1.49 bits per heavy atom. The van der Waals surface area contributed by atoms with Crippen molar-refractivity contribution < 1.29 is 28.1 Å². The minimum absolute atomic E-state index is 0. The molecule has 0 spiro atoms. The molecule has 2 aliphatic heterocycles. The number of hydrogen-bond donors (Lipinski definition) is 0. The number of carbonyl (C=O) groups excluding carboxylic acids is 1. The van der Waals surface area contributed by atoms with E-state index >= 15 is 0 Å². The van der Waals surface area contributed by atoms with Crippen LogP contribution in [0.5, 0.6) is 0 Å². The molecule has 0 unspecified atom stereocenters. The topological polar surface area (TPSA) is 23.3 Å². The van der Waals surface area contributed by atoms with E-state index in [0.717, 1.165) is 32.2 Å². The van der Waals surface area contributed by atoms with Crippen LogP contribution in [0.4, 0.5) is 25.4 Å². The summed E-state index contributed by atoms with van der Waals surface area (Å²) in [6, 6.07) is 18.0. The summed E-state index contributed by atoms with van der Waals surface area (Å²) in [6.07, 6.45) is 11.7. The molecule has 10 heteroatoms. The van der Waals surface area contributed by atoms with Gasteiger partial charge in [-0.05, 0) is 83.1 Å². The van der Waals surface area contributed by atoms with Gasteiger partial charge in [0, 0.05) is 48.3 Å². The Morgan fingerprint density at radius 3 is 2.05 bits per heavy atom. The van der Waals surface area contributed by atoms with Crippen LogP contribution in [0.25, 0.3) is 6.08 Å². The van der Waals surface area contributed by atoms with E-state index in [2.05, 4.69) is 84.0 Å². The second-order valence-electron chi connectivity index (χ2n) is 11.7. The summed E-state index contributed by atoms with van der Waals surface area (Å²) in [5.74, 6) is 1.29. The number of Topliss-reactive ketones (excluding diaryl/α,β-unsaturated/α-hetero) is 1. The number of para-hydroxylation sites is 1. The molecule has 3 nitrogen and oxygen atoms in total. The van der Waals surface area contributed by atoms with Crippen LogP contribution < -0.4 is 9.60 Å². The van der Waals surface area contributed by atoms with E-state index in [9.17, 15) is 18.9 Å². The van der Waals surface area contributed by atoms with Crippen molar-refractivity contribution in [3.63, 3.8) is 0 Å². The fraction of sp³-hybridized carbons (Fsp3) is 0.484. The van der Waals surface area contributed by atoms with Gasteiger partial charge in [0.2, 0.25) is 5.69 Å². The van der Waals surface area contributed by atoms with Crippen molar-refractivity contribution in [1.82, 2.24) is 0 Å². The number of hydrogen-bond acceptors (Lipinski definition) is 2. The second-order valence-corrected chi connectivity index (χ2v) is 15.4. The van der Waals surface area contributed by atoms with Gasteiger partial charge in [-0.2, -0.15) is 4.58 Å². The van der Waals surface area contributed by atoms with E-state index in [1.54, 1.807) is 6.92 Å². The number of ketones is 1. The fourth-order valence-electron chi connectivity index (χ4n) is 6.29. The second kappa shape index (κ2) is 12.9. The maximum absolute atomic E-state index is 11.8. The van der Waals surface area contributed by atoms with Crippen molar-refractivity contribution >= 4 is 49.2 Å². The molecule has 0 atom stereocenters. The summed E-state index contributed by atoms with van der Waals surface area (Å²) >= 11 is -9.19. The van der Waals surface area contributed by atoms with Gasteiger partial charge in [-0.15, -0.1) is 0 Å². The molecule has 2 aromatic rings. The molecule has 1 saturated carbocycles. The van der Waals surface area contributed by atoms with Crippen LogP contribution >= 0.6 is 0 Å². The number of nitrogens with zero attached hydrogens (tertiary/aromatic N) is 2. The summed E-state index contributed by atoms with van der Waals surface area (Å²) in [7, 11) is 0. The van der Waals surface area contributed by atoms with E-state index < -0.39 is 20.3 Å². The van der Waals surface area contributed by atoms with E-state index in [1.165, 1.54) is 54.1 Å². The molecule has 0 radical (unpaired) electrons. The van der Waals surface area contributed by atoms with Crippen LogP contribution in [0.1, 0.15) is 70.4 Å². The monoisotopic (exact) mass is 690 g/mol. The van der Waals surface area contributed by atoms with Crippen LogP contribution in [0.15, 0.2) is 54.6 Å². The average molecular weight is 691 g/mol. The quantitative estimate of drug-likeness (QED) is 0.227. The zero-order valence-corrected chi connectivity index (χ0v) is 26.4. The fourth-order valence-corrected chi connectivity index (χ4v) is 6.29. The molecule has 0 aromatic heterocycles. The first-order valence-corrected chi connectivity index (χ1v) is 18.9. The van der Waals surface area contributed by atoms with Crippen LogP contribution in [-0.4, -0.2) is 56.0 Å². The molecule has 2 aromatic carbocycles. The van der Waals surface area contributed by atoms with Gasteiger partial charge in [0.1, 0.15) is 5.78 Å². The molecule has 41 heavy (non-hydrogen) atoms. The summed E-state index contributed by atoms with van der Waals surface area (Å²) in [4.78, 5) is 14.3. The van der Waals surface area contributed by atoms with Gasteiger partial charge in [0.25, 0.3) is 0 Å². The van der Waals surface area contributed by atoms with E-state index in [0.29, 0.717) is 11.7 Å². The van der Waals surface area contributed by atoms with Gasteiger partial charge in [0.15, 0.2) is 12.3 Å². The first kappa shape index (κ1) is 33.2. The SMILES string of the molecule is CC(=O)C1CCC(C[N+]2=C(/C=C/c3ccc(N4CCCC4)cc3)C(C)(C)c3ccccc32)CC1.[F-].[F][Sb]([F])([F])([F])[F]. The number of rotatable bonds is 6. The number of benzene rings is 2. The third-order valence-electron chi connectivity index (χ3n) is 8.46. The van der Waals surface area contributed by atoms with Crippen LogP contribution in [0, 0.1) is 11.8 Å². The Kier molecular flexibility index (Phi) is 10.5. The van der Waals surface area contributed by atoms with Gasteiger partial charge < -0.3 is 9.60 Å². The summed E-state index contributed by atoms with van der Waals surface area (Å²) in [5, 5.41) is 0. The molecule has 3 aliphatic rings. The summed E-state index contributed by atoms with van der Waals surface area (Å²) in [5.41, 5.74) is 6.72. The predicted molar refractivity (Wildman–Crippen MR) is 154 cm³/mol. The first-order valence-electron chi connectivity index (χ1n) is 14.1. The molecule has 226 valence electrons. The zero-order chi connectivity index (χ0) is 29.2. The zero-order valence-electron chi connectivity index (χ0n) is 23.8. The van der Waals surface area contributed by atoms with E-state index in [1.807, 2.05) is 0 Å². The summed E-state index contributed by atoms with van der Waals surface area (Å²) < 4.78 is 52.1. The average Bonchev–Trinajstić information content (AvgIpc) is 3.48. The Hall–Kier alpha value is -2.28. The third kappa shape index (κ3) is 9.10. The van der Waals surface area contributed by atoms with Gasteiger partial charge in [-0.25, -0.2) is 0 Å². The maximum atomic E-state index is 11.8. The Morgan fingerprint density at radius 1 is 0.927 bits per heavy atom. The molecule has 1 saturated heterocycles. The number of halogens is 6. The molecule has 0 N–H and O–H groups in total. The Labute approximate surface area is 243 Å². The number of allylic oxidation sites excluding steroid dienone is 1. The Balaban J connectivity index is 0.000000599. The van der Waals surface area contributed by atoms with Crippen molar-refractivity contribution in [2.24, 2.45) is 11.8 Å². The predicted octanol–water partition coefficient (Wildman–Crippen LogP) is 5.50. The van der Waals surface area contributed by atoms with E-state index in [4.69, 9.17) is 0 Å². The molecular formula is C31H39F6N2OSb. The number of fused-ring (bicyclic) bond motifs is 1. The van der Waals surface area contributed by atoms with Gasteiger partial charge in [-0.1, -0.05) is 30.3 Å². The van der Waals surface area contributed by atoms with E-state index in [-0.39, 0.29) is 16.0 Å². The van der Waals surface area contributed by atoms with Crippen molar-refractivity contribution in [3.8, 4) is 0 Å². The molecule has 2 fully saturated rings. The van der Waals surface area contributed by atoms with Gasteiger partial charge >= 0.3 is 34.4 Å². The molecule has 0 amide bonds. The molecule has 5 rings (SSSR count). The number of carbonyl (C=O) groups is 1. The molecular weight excluding hydrogens is 652 g/mol. The number of anilines is 1.